The fraction of sp³-hybridized carbons (Fsp3) is 0.571. The molecule has 0 spiro atoms. The molecule has 0 aliphatic carbocycles. The van der Waals surface area contributed by atoms with Crippen molar-refractivity contribution < 1.29 is 4.39 Å². The van der Waals surface area contributed by atoms with E-state index in [9.17, 15) is 4.39 Å². The van der Waals surface area contributed by atoms with Crippen LogP contribution < -0.4 is 5.32 Å². The van der Waals surface area contributed by atoms with E-state index < -0.39 is 0 Å². The molecule has 18 heavy (non-hydrogen) atoms. The van der Waals surface area contributed by atoms with E-state index in [1.165, 1.54) is 18.9 Å². The Bertz CT molecular complexity index is 369. The number of hydrogen-bond donors (Lipinski definition) is 1. The van der Waals surface area contributed by atoms with Gasteiger partial charge in [0.15, 0.2) is 0 Å². The molecule has 1 aromatic carbocycles. The van der Waals surface area contributed by atoms with Crippen molar-refractivity contribution in [1.29, 1.82) is 0 Å². The first-order chi connectivity index (χ1) is 8.66. The summed E-state index contributed by atoms with van der Waals surface area (Å²) in [7, 11) is 2.16. The first-order valence-electron chi connectivity index (χ1n) is 6.49. The van der Waals surface area contributed by atoms with Gasteiger partial charge in [-0.25, -0.2) is 4.39 Å². The third-order valence-electron chi connectivity index (χ3n) is 3.63. The van der Waals surface area contributed by atoms with Gasteiger partial charge in [0.05, 0.1) is 0 Å². The Balaban J connectivity index is 1.78. The number of nitrogens with one attached hydrogen (secondary N) is 1. The van der Waals surface area contributed by atoms with Crippen molar-refractivity contribution in [3.8, 4) is 0 Å². The molecule has 0 bridgehead atoms. The van der Waals surface area contributed by atoms with Gasteiger partial charge < -0.3 is 10.2 Å². The maximum atomic E-state index is 13.5. The predicted molar refractivity (Wildman–Crippen MR) is 73.3 cm³/mol. The number of halogens is 2. The Morgan fingerprint density at radius 1 is 1.39 bits per heavy atom. The van der Waals surface area contributed by atoms with E-state index in [1.807, 2.05) is 0 Å². The number of nitrogens with zero attached hydrogens (tertiary/aromatic N) is 1. The minimum Gasteiger partial charge on any atom is -0.312 e. The molecule has 1 fully saturated rings. The van der Waals surface area contributed by atoms with Crippen LogP contribution in [0.1, 0.15) is 18.4 Å². The topological polar surface area (TPSA) is 15.3 Å². The molecule has 1 aliphatic heterocycles. The van der Waals surface area contributed by atoms with Gasteiger partial charge in [0.1, 0.15) is 5.82 Å². The molecule has 0 aromatic heterocycles. The van der Waals surface area contributed by atoms with Gasteiger partial charge in [0, 0.05) is 17.1 Å². The molecule has 4 heteroatoms. The van der Waals surface area contributed by atoms with Gasteiger partial charge in [0.2, 0.25) is 0 Å². The van der Waals surface area contributed by atoms with Crippen LogP contribution in [0.5, 0.6) is 0 Å². The summed E-state index contributed by atoms with van der Waals surface area (Å²) >= 11 is 5.98. The Labute approximate surface area is 113 Å². The van der Waals surface area contributed by atoms with Crippen molar-refractivity contribution in [1.82, 2.24) is 10.2 Å². The SMILES string of the molecule is CN1CCC(CNCc2c(F)cccc2Cl)CC1. The minimum atomic E-state index is -0.224. The largest absolute Gasteiger partial charge is 0.312 e. The van der Waals surface area contributed by atoms with E-state index >= 15 is 0 Å². The van der Waals surface area contributed by atoms with Crippen molar-refractivity contribution in [2.75, 3.05) is 26.7 Å². The van der Waals surface area contributed by atoms with Crippen LogP contribution >= 0.6 is 11.6 Å². The molecule has 0 atom stereocenters. The Kier molecular flexibility index (Phi) is 4.98. The fourth-order valence-corrected chi connectivity index (χ4v) is 2.60. The van der Waals surface area contributed by atoms with Crippen LogP contribution in [-0.2, 0) is 6.54 Å². The minimum absolute atomic E-state index is 0.224. The van der Waals surface area contributed by atoms with Crippen LogP contribution in [-0.4, -0.2) is 31.6 Å². The number of hydrogen-bond acceptors (Lipinski definition) is 2. The van der Waals surface area contributed by atoms with Crippen LogP contribution in [0.25, 0.3) is 0 Å². The molecule has 100 valence electrons. The highest BCUT2D eigenvalue weighted by Gasteiger charge is 2.16. The zero-order valence-corrected chi connectivity index (χ0v) is 11.5. The van der Waals surface area contributed by atoms with Gasteiger partial charge in [-0.1, -0.05) is 17.7 Å². The maximum Gasteiger partial charge on any atom is 0.129 e. The third kappa shape index (κ3) is 3.67. The predicted octanol–water partition coefficient (Wildman–Crippen LogP) is 2.91. The molecule has 0 saturated carbocycles. The van der Waals surface area contributed by atoms with Crippen LogP contribution in [0.2, 0.25) is 5.02 Å². The van der Waals surface area contributed by atoms with Gasteiger partial charge >= 0.3 is 0 Å². The van der Waals surface area contributed by atoms with E-state index in [0.29, 0.717) is 23.0 Å². The fourth-order valence-electron chi connectivity index (χ4n) is 2.37. The van der Waals surface area contributed by atoms with Crippen LogP contribution in [0.4, 0.5) is 4.39 Å². The summed E-state index contributed by atoms with van der Waals surface area (Å²) in [6.45, 7) is 3.77. The second kappa shape index (κ2) is 6.50. The molecule has 0 unspecified atom stereocenters. The summed E-state index contributed by atoms with van der Waals surface area (Å²) in [6.07, 6.45) is 2.43. The summed E-state index contributed by atoms with van der Waals surface area (Å²) in [4.78, 5) is 2.35. The number of likely N-dealkylation sites (tertiary alicyclic amines) is 1. The van der Waals surface area contributed by atoms with Crippen LogP contribution in [0, 0.1) is 11.7 Å². The van der Waals surface area contributed by atoms with Gasteiger partial charge in [-0.05, 0) is 57.6 Å². The van der Waals surface area contributed by atoms with Gasteiger partial charge in [-0.15, -0.1) is 0 Å². The molecular formula is C14H20ClFN2. The lowest BCUT2D eigenvalue weighted by atomic mass is 9.97. The summed E-state index contributed by atoms with van der Waals surface area (Å²) in [5.41, 5.74) is 0.576. The van der Waals surface area contributed by atoms with Crippen LogP contribution in [0.15, 0.2) is 18.2 Å². The highest BCUT2D eigenvalue weighted by Crippen LogP contribution is 2.19. The average molecular weight is 271 g/mol. The van der Waals surface area contributed by atoms with Crippen LogP contribution in [0.3, 0.4) is 0 Å². The standard InChI is InChI=1S/C14H20ClFN2/c1-18-7-5-11(6-8-18)9-17-10-12-13(15)3-2-4-14(12)16/h2-4,11,17H,5-10H2,1H3. The second-order valence-corrected chi connectivity index (χ2v) is 5.48. The van der Waals surface area contributed by atoms with E-state index in [-0.39, 0.29) is 5.82 Å². The van der Waals surface area contributed by atoms with Crippen molar-refractivity contribution in [3.05, 3.63) is 34.6 Å². The molecule has 1 N–H and O–H groups in total. The molecular weight excluding hydrogens is 251 g/mol. The van der Waals surface area contributed by atoms with E-state index in [1.54, 1.807) is 12.1 Å². The lowest BCUT2D eigenvalue weighted by Crippen LogP contribution is -2.34. The average Bonchev–Trinajstić information content (AvgIpc) is 2.35. The first kappa shape index (κ1) is 13.8. The highest BCUT2D eigenvalue weighted by molar-refractivity contribution is 6.31. The van der Waals surface area contributed by atoms with E-state index in [4.69, 9.17) is 11.6 Å². The number of piperidine rings is 1. The third-order valence-corrected chi connectivity index (χ3v) is 3.99. The van der Waals surface area contributed by atoms with Crippen molar-refractivity contribution in [2.24, 2.45) is 5.92 Å². The van der Waals surface area contributed by atoms with Crippen molar-refractivity contribution >= 4 is 11.6 Å². The molecule has 2 nitrogen and oxygen atoms in total. The lowest BCUT2D eigenvalue weighted by molar-refractivity contribution is 0.216. The number of benzene rings is 1. The molecule has 0 radical (unpaired) electrons. The van der Waals surface area contributed by atoms with Gasteiger partial charge in [0.25, 0.3) is 0 Å². The maximum absolute atomic E-state index is 13.5. The molecule has 1 aromatic rings. The zero-order valence-electron chi connectivity index (χ0n) is 10.8. The summed E-state index contributed by atoms with van der Waals surface area (Å²) in [5.74, 6) is 0.477. The molecule has 0 amide bonds. The molecule has 1 aliphatic rings. The van der Waals surface area contributed by atoms with Gasteiger partial charge in [-0.2, -0.15) is 0 Å². The first-order valence-corrected chi connectivity index (χ1v) is 6.87. The molecule has 1 saturated heterocycles. The van der Waals surface area contributed by atoms with E-state index in [0.717, 1.165) is 19.6 Å². The van der Waals surface area contributed by atoms with Crippen molar-refractivity contribution in [3.63, 3.8) is 0 Å². The highest BCUT2D eigenvalue weighted by atomic mass is 35.5. The Morgan fingerprint density at radius 2 is 2.11 bits per heavy atom. The molecule has 2 rings (SSSR count). The second-order valence-electron chi connectivity index (χ2n) is 5.08. The number of rotatable bonds is 4. The zero-order chi connectivity index (χ0) is 13.0. The summed E-state index contributed by atoms with van der Waals surface area (Å²) in [5, 5.41) is 3.83. The monoisotopic (exact) mass is 270 g/mol. The quantitative estimate of drug-likeness (QED) is 0.905. The van der Waals surface area contributed by atoms with Gasteiger partial charge in [-0.3, -0.25) is 0 Å². The van der Waals surface area contributed by atoms with E-state index in [2.05, 4.69) is 17.3 Å². The Morgan fingerprint density at radius 3 is 2.78 bits per heavy atom. The smallest absolute Gasteiger partial charge is 0.129 e. The normalized spacial score (nSPS) is 18.2. The lowest BCUT2D eigenvalue weighted by Gasteiger charge is -2.29. The molecule has 1 heterocycles. The summed E-state index contributed by atoms with van der Waals surface area (Å²) in [6, 6.07) is 4.83. The summed E-state index contributed by atoms with van der Waals surface area (Å²) < 4.78 is 13.5. The van der Waals surface area contributed by atoms with Crippen molar-refractivity contribution in [2.45, 2.75) is 19.4 Å². The Hall–Kier alpha value is -0.640.